The minimum atomic E-state index is -3.20. The van der Waals surface area contributed by atoms with Gasteiger partial charge in [-0.3, -0.25) is 0 Å². The molecule has 0 aliphatic carbocycles. The highest BCUT2D eigenvalue weighted by atomic mass is 32.2. The van der Waals surface area contributed by atoms with E-state index in [-0.39, 0.29) is 18.2 Å². The van der Waals surface area contributed by atoms with E-state index >= 15 is 0 Å². The third-order valence-corrected chi connectivity index (χ3v) is 4.97. The van der Waals surface area contributed by atoms with E-state index in [4.69, 9.17) is 6.42 Å². The number of sulfonamides is 1. The topological polar surface area (TPSA) is 49.4 Å². The second-order valence-corrected chi connectivity index (χ2v) is 6.54. The van der Waals surface area contributed by atoms with Crippen molar-refractivity contribution in [2.75, 3.05) is 31.9 Å². The number of rotatable bonds is 6. The average Bonchev–Trinajstić information content (AvgIpc) is 2.29. The molecule has 5 heteroatoms. The average molecular weight is 258 g/mol. The zero-order valence-corrected chi connectivity index (χ0v) is 11.3. The van der Waals surface area contributed by atoms with E-state index in [1.807, 2.05) is 6.92 Å². The van der Waals surface area contributed by atoms with Crippen LogP contribution in [0.5, 0.6) is 0 Å². The molecule has 0 saturated carbocycles. The fraction of sp³-hybridized carbons (Fsp3) is 0.833. The molecule has 4 nitrogen and oxygen atoms in total. The molecule has 0 spiro atoms. The molecular weight excluding hydrogens is 236 g/mol. The van der Waals surface area contributed by atoms with Crippen molar-refractivity contribution in [3.63, 3.8) is 0 Å². The van der Waals surface area contributed by atoms with E-state index in [0.29, 0.717) is 6.54 Å². The maximum Gasteiger partial charge on any atom is 0.215 e. The second kappa shape index (κ2) is 7.00. The molecule has 1 atom stereocenters. The number of nitrogens with zero attached hydrogens (tertiary/aromatic N) is 1. The van der Waals surface area contributed by atoms with Crippen LogP contribution in [-0.2, 0) is 10.0 Å². The number of hydrogen-bond donors (Lipinski definition) is 1. The molecule has 98 valence electrons. The van der Waals surface area contributed by atoms with Crippen LogP contribution >= 0.6 is 0 Å². The Balaban J connectivity index is 2.60. The van der Waals surface area contributed by atoms with Gasteiger partial charge in [0.2, 0.25) is 10.0 Å². The van der Waals surface area contributed by atoms with Crippen LogP contribution in [0.2, 0.25) is 0 Å². The first-order valence-corrected chi connectivity index (χ1v) is 7.83. The van der Waals surface area contributed by atoms with Gasteiger partial charge in [-0.2, -0.15) is 4.31 Å². The SMILES string of the molecule is C#CCN(CCC)S(=O)(=O)CC1CCCNC1. The molecule has 0 amide bonds. The summed E-state index contributed by atoms with van der Waals surface area (Å²) >= 11 is 0. The third-order valence-electron chi connectivity index (χ3n) is 2.98. The van der Waals surface area contributed by atoms with Crippen LogP contribution in [0.25, 0.3) is 0 Å². The lowest BCUT2D eigenvalue weighted by atomic mass is 10.0. The zero-order chi connectivity index (χ0) is 12.7. The van der Waals surface area contributed by atoms with E-state index < -0.39 is 10.0 Å². The first kappa shape index (κ1) is 14.5. The van der Waals surface area contributed by atoms with E-state index in [1.165, 1.54) is 4.31 Å². The van der Waals surface area contributed by atoms with Gasteiger partial charge >= 0.3 is 0 Å². The van der Waals surface area contributed by atoms with Gasteiger partial charge in [-0.05, 0) is 38.3 Å². The lowest BCUT2D eigenvalue weighted by Crippen LogP contribution is -2.40. The molecule has 0 aromatic carbocycles. The maximum atomic E-state index is 12.2. The van der Waals surface area contributed by atoms with Gasteiger partial charge in [0, 0.05) is 6.54 Å². The van der Waals surface area contributed by atoms with Crippen molar-refractivity contribution in [2.24, 2.45) is 5.92 Å². The van der Waals surface area contributed by atoms with Crippen molar-refractivity contribution < 1.29 is 8.42 Å². The molecule has 1 unspecified atom stereocenters. The molecule has 0 radical (unpaired) electrons. The molecule has 0 aromatic rings. The summed E-state index contributed by atoms with van der Waals surface area (Å²) in [6, 6.07) is 0. The predicted molar refractivity (Wildman–Crippen MR) is 70.1 cm³/mol. The van der Waals surface area contributed by atoms with E-state index in [9.17, 15) is 8.42 Å². The van der Waals surface area contributed by atoms with Crippen LogP contribution in [0.1, 0.15) is 26.2 Å². The predicted octanol–water partition coefficient (Wildman–Crippen LogP) is 0.661. The summed E-state index contributed by atoms with van der Waals surface area (Å²) in [5, 5.41) is 3.24. The Morgan fingerprint density at radius 1 is 1.53 bits per heavy atom. The van der Waals surface area contributed by atoms with Crippen molar-refractivity contribution in [3.05, 3.63) is 0 Å². The quantitative estimate of drug-likeness (QED) is 0.712. The molecule has 1 aliphatic heterocycles. The van der Waals surface area contributed by atoms with Crippen molar-refractivity contribution in [3.8, 4) is 12.3 Å². The number of terminal acetylenes is 1. The Labute approximate surface area is 105 Å². The third kappa shape index (κ3) is 4.66. The Morgan fingerprint density at radius 2 is 2.29 bits per heavy atom. The summed E-state index contributed by atoms with van der Waals surface area (Å²) in [7, 11) is -3.20. The van der Waals surface area contributed by atoms with Crippen molar-refractivity contribution >= 4 is 10.0 Å². The standard InChI is InChI=1S/C12H22N2O2S/c1-3-8-14(9-4-2)17(15,16)11-12-6-5-7-13-10-12/h1,12-13H,4-11H2,2H3. The van der Waals surface area contributed by atoms with E-state index in [1.54, 1.807) is 0 Å². The van der Waals surface area contributed by atoms with Gasteiger partial charge in [0.25, 0.3) is 0 Å². The number of hydrogen-bond acceptors (Lipinski definition) is 3. The highest BCUT2D eigenvalue weighted by Gasteiger charge is 2.26. The van der Waals surface area contributed by atoms with Crippen LogP contribution in [0, 0.1) is 18.3 Å². The van der Waals surface area contributed by atoms with Crippen LogP contribution in [0.15, 0.2) is 0 Å². The first-order valence-electron chi connectivity index (χ1n) is 6.22. The molecule has 17 heavy (non-hydrogen) atoms. The highest BCUT2D eigenvalue weighted by Crippen LogP contribution is 2.15. The van der Waals surface area contributed by atoms with Gasteiger partial charge in [-0.15, -0.1) is 6.42 Å². The maximum absolute atomic E-state index is 12.2. The fourth-order valence-corrected chi connectivity index (χ4v) is 3.96. The molecule has 1 saturated heterocycles. The monoisotopic (exact) mass is 258 g/mol. The summed E-state index contributed by atoms with van der Waals surface area (Å²) in [6.07, 6.45) is 8.06. The van der Waals surface area contributed by atoms with E-state index in [2.05, 4.69) is 11.2 Å². The summed E-state index contributed by atoms with van der Waals surface area (Å²) in [4.78, 5) is 0. The molecular formula is C12H22N2O2S. The Kier molecular flexibility index (Phi) is 5.96. The Bertz CT molecular complexity index is 353. The van der Waals surface area contributed by atoms with Crippen molar-refractivity contribution in [2.45, 2.75) is 26.2 Å². The van der Waals surface area contributed by atoms with Crippen LogP contribution in [0.4, 0.5) is 0 Å². The lowest BCUT2D eigenvalue weighted by molar-refractivity contribution is 0.387. The zero-order valence-electron chi connectivity index (χ0n) is 10.5. The molecule has 1 aliphatic rings. The Morgan fingerprint density at radius 3 is 2.82 bits per heavy atom. The fourth-order valence-electron chi connectivity index (χ4n) is 2.14. The lowest BCUT2D eigenvalue weighted by Gasteiger charge is -2.26. The van der Waals surface area contributed by atoms with Crippen molar-refractivity contribution in [1.29, 1.82) is 0 Å². The van der Waals surface area contributed by atoms with Crippen LogP contribution in [-0.4, -0.2) is 44.7 Å². The summed E-state index contributed by atoms with van der Waals surface area (Å²) in [5.74, 6) is 2.88. The van der Waals surface area contributed by atoms with Gasteiger partial charge in [0.05, 0.1) is 12.3 Å². The highest BCUT2D eigenvalue weighted by molar-refractivity contribution is 7.89. The number of piperidine rings is 1. The molecule has 0 aromatic heterocycles. The Hall–Kier alpha value is -0.570. The van der Waals surface area contributed by atoms with Gasteiger partial charge in [0.15, 0.2) is 0 Å². The second-order valence-electron chi connectivity index (χ2n) is 4.53. The van der Waals surface area contributed by atoms with Crippen LogP contribution in [0.3, 0.4) is 0 Å². The normalized spacial score (nSPS) is 21.4. The molecule has 1 rings (SSSR count). The molecule has 1 fully saturated rings. The first-order chi connectivity index (χ1) is 8.10. The summed E-state index contributed by atoms with van der Waals surface area (Å²) < 4.78 is 25.8. The molecule has 1 heterocycles. The number of nitrogens with one attached hydrogen (secondary N) is 1. The summed E-state index contributed by atoms with van der Waals surface area (Å²) in [6.45, 7) is 4.47. The minimum Gasteiger partial charge on any atom is -0.316 e. The largest absolute Gasteiger partial charge is 0.316 e. The van der Waals surface area contributed by atoms with Crippen LogP contribution < -0.4 is 5.32 Å². The van der Waals surface area contributed by atoms with Gasteiger partial charge in [-0.1, -0.05) is 12.8 Å². The molecule has 1 N–H and O–H groups in total. The smallest absolute Gasteiger partial charge is 0.215 e. The van der Waals surface area contributed by atoms with Gasteiger partial charge in [-0.25, -0.2) is 8.42 Å². The summed E-state index contributed by atoms with van der Waals surface area (Å²) in [5.41, 5.74) is 0. The van der Waals surface area contributed by atoms with Crippen molar-refractivity contribution in [1.82, 2.24) is 9.62 Å². The minimum absolute atomic E-state index is 0.191. The van der Waals surface area contributed by atoms with Gasteiger partial charge in [0.1, 0.15) is 0 Å². The van der Waals surface area contributed by atoms with E-state index in [0.717, 1.165) is 32.4 Å². The molecule has 0 bridgehead atoms. The van der Waals surface area contributed by atoms with Gasteiger partial charge < -0.3 is 5.32 Å².